The van der Waals surface area contributed by atoms with E-state index in [1.165, 1.54) is 12.1 Å². The molecule has 1 aliphatic heterocycles. The van der Waals surface area contributed by atoms with Crippen LogP contribution in [0.2, 0.25) is 0 Å². The van der Waals surface area contributed by atoms with Gasteiger partial charge < -0.3 is 20.1 Å². The van der Waals surface area contributed by atoms with Crippen molar-refractivity contribution in [3.8, 4) is 0 Å². The van der Waals surface area contributed by atoms with Gasteiger partial charge in [-0.15, -0.1) is 0 Å². The largest absolute Gasteiger partial charge is 0.381 e. The van der Waals surface area contributed by atoms with E-state index in [2.05, 4.69) is 20.3 Å². The first kappa shape index (κ1) is 28.6. The van der Waals surface area contributed by atoms with Gasteiger partial charge in [-0.1, -0.05) is 37.3 Å². The Hall–Kier alpha value is -3.38. The molecule has 2 amide bonds. The van der Waals surface area contributed by atoms with Crippen LogP contribution in [0.1, 0.15) is 41.4 Å². The first-order valence-corrected chi connectivity index (χ1v) is 14.5. The SMILES string of the molecule is CCNS(=O)(=O)c1ccc(NC(=O)c2ccc(COC)c3ccccc23)c(CC(=O)NCC2CCOCC2)n1. The van der Waals surface area contributed by atoms with E-state index in [-0.39, 0.29) is 35.3 Å². The number of ether oxygens (including phenoxy) is 2. The number of hydrogen-bond acceptors (Lipinski definition) is 7. The van der Waals surface area contributed by atoms with Gasteiger partial charge in [0.2, 0.25) is 5.91 Å². The average molecular weight is 555 g/mol. The lowest BCUT2D eigenvalue weighted by Crippen LogP contribution is -2.33. The number of anilines is 1. The minimum atomic E-state index is -3.87. The van der Waals surface area contributed by atoms with Crippen LogP contribution in [-0.2, 0) is 37.3 Å². The van der Waals surface area contributed by atoms with Crippen LogP contribution in [-0.4, -0.2) is 58.6 Å². The first-order chi connectivity index (χ1) is 18.8. The summed E-state index contributed by atoms with van der Waals surface area (Å²) in [7, 11) is -2.25. The van der Waals surface area contributed by atoms with Gasteiger partial charge in [0.1, 0.15) is 0 Å². The lowest BCUT2D eigenvalue weighted by Gasteiger charge is -2.22. The van der Waals surface area contributed by atoms with Gasteiger partial charge in [0.05, 0.1) is 24.4 Å². The van der Waals surface area contributed by atoms with Crippen molar-refractivity contribution in [2.24, 2.45) is 5.92 Å². The molecular formula is C28H34N4O6S. The van der Waals surface area contributed by atoms with Crippen LogP contribution in [0.15, 0.2) is 53.6 Å². The number of benzene rings is 2. The molecule has 2 heterocycles. The maximum Gasteiger partial charge on any atom is 0.258 e. The molecule has 1 aromatic heterocycles. The third-order valence-electron chi connectivity index (χ3n) is 6.62. The highest BCUT2D eigenvalue weighted by molar-refractivity contribution is 7.89. The Bertz CT molecular complexity index is 1440. The molecule has 1 saturated heterocycles. The third kappa shape index (κ3) is 7.18. The number of amides is 2. The fourth-order valence-corrected chi connectivity index (χ4v) is 5.60. The second-order valence-corrected chi connectivity index (χ2v) is 11.1. The van der Waals surface area contributed by atoms with E-state index < -0.39 is 15.9 Å². The van der Waals surface area contributed by atoms with Crippen LogP contribution in [0, 0.1) is 5.92 Å². The number of hydrogen-bond donors (Lipinski definition) is 3. The van der Waals surface area contributed by atoms with Crippen molar-refractivity contribution in [3.05, 3.63) is 65.4 Å². The molecule has 0 radical (unpaired) electrons. The summed E-state index contributed by atoms with van der Waals surface area (Å²) >= 11 is 0. The van der Waals surface area contributed by atoms with Gasteiger partial charge in [-0.3, -0.25) is 9.59 Å². The molecule has 0 spiro atoms. The van der Waals surface area contributed by atoms with E-state index >= 15 is 0 Å². The van der Waals surface area contributed by atoms with E-state index in [0.29, 0.717) is 37.8 Å². The number of nitrogens with one attached hydrogen (secondary N) is 3. The van der Waals surface area contributed by atoms with Crippen molar-refractivity contribution < 1.29 is 27.5 Å². The highest BCUT2D eigenvalue weighted by Crippen LogP contribution is 2.26. The molecular weight excluding hydrogens is 520 g/mol. The second kappa shape index (κ2) is 13.1. The van der Waals surface area contributed by atoms with E-state index in [1.807, 2.05) is 30.3 Å². The predicted octanol–water partition coefficient (Wildman–Crippen LogP) is 3.02. The zero-order valence-electron chi connectivity index (χ0n) is 22.2. The molecule has 0 bridgehead atoms. The van der Waals surface area contributed by atoms with Crippen molar-refractivity contribution in [3.63, 3.8) is 0 Å². The number of rotatable bonds is 11. The number of sulfonamides is 1. The predicted molar refractivity (Wildman–Crippen MR) is 148 cm³/mol. The topological polar surface area (TPSA) is 136 Å². The van der Waals surface area contributed by atoms with Crippen LogP contribution in [0.25, 0.3) is 10.8 Å². The van der Waals surface area contributed by atoms with Gasteiger partial charge in [0.15, 0.2) is 5.03 Å². The average Bonchev–Trinajstić information content (AvgIpc) is 2.93. The van der Waals surface area contributed by atoms with Crippen molar-refractivity contribution in [2.75, 3.05) is 38.7 Å². The number of carbonyl (C=O) groups excluding carboxylic acids is 2. The summed E-state index contributed by atoms with van der Waals surface area (Å²) in [5.74, 6) is -0.385. The van der Waals surface area contributed by atoms with Crippen molar-refractivity contribution in [1.29, 1.82) is 0 Å². The van der Waals surface area contributed by atoms with E-state index in [4.69, 9.17) is 9.47 Å². The third-order valence-corrected chi connectivity index (χ3v) is 8.07. The maximum absolute atomic E-state index is 13.4. The molecule has 1 fully saturated rings. The van der Waals surface area contributed by atoms with Crippen LogP contribution in [0.4, 0.5) is 5.69 Å². The Labute approximate surface area is 228 Å². The minimum Gasteiger partial charge on any atom is -0.381 e. The van der Waals surface area contributed by atoms with E-state index in [1.54, 1.807) is 20.1 Å². The molecule has 0 unspecified atom stereocenters. The molecule has 208 valence electrons. The smallest absolute Gasteiger partial charge is 0.258 e. The van der Waals surface area contributed by atoms with Crippen LogP contribution in [0.5, 0.6) is 0 Å². The highest BCUT2D eigenvalue weighted by atomic mass is 32.2. The Morgan fingerprint density at radius 3 is 2.51 bits per heavy atom. The quantitative estimate of drug-likeness (QED) is 0.332. The zero-order valence-corrected chi connectivity index (χ0v) is 23.0. The number of fused-ring (bicyclic) bond motifs is 1. The zero-order chi connectivity index (χ0) is 27.8. The van der Waals surface area contributed by atoms with Crippen LogP contribution >= 0.6 is 0 Å². The Morgan fingerprint density at radius 2 is 1.79 bits per heavy atom. The summed E-state index contributed by atoms with van der Waals surface area (Å²) in [6.07, 6.45) is 1.54. The number of nitrogens with zero attached hydrogens (tertiary/aromatic N) is 1. The summed E-state index contributed by atoms with van der Waals surface area (Å²) in [6, 6.07) is 13.9. The van der Waals surface area contributed by atoms with E-state index in [0.717, 1.165) is 29.2 Å². The van der Waals surface area contributed by atoms with Gasteiger partial charge in [0, 0.05) is 39.0 Å². The molecule has 4 rings (SSSR count). The summed E-state index contributed by atoms with van der Waals surface area (Å²) in [5, 5.41) is 7.19. The minimum absolute atomic E-state index is 0.159. The van der Waals surface area contributed by atoms with Gasteiger partial charge >= 0.3 is 0 Å². The normalized spacial score (nSPS) is 14.3. The molecule has 0 aliphatic carbocycles. The number of methoxy groups -OCH3 is 1. The fraction of sp³-hybridized carbons (Fsp3) is 0.393. The summed E-state index contributed by atoms with van der Waals surface area (Å²) in [4.78, 5) is 30.6. The molecule has 3 aromatic rings. The van der Waals surface area contributed by atoms with Gasteiger partial charge in [-0.25, -0.2) is 18.1 Å². The van der Waals surface area contributed by atoms with Gasteiger partial charge in [-0.2, -0.15) is 0 Å². The highest BCUT2D eigenvalue weighted by Gasteiger charge is 2.21. The Morgan fingerprint density at radius 1 is 1.05 bits per heavy atom. The second-order valence-electron chi connectivity index (χ2n) is 9.39. The molecule has 11 heteroatoms. The lowest BCUT2D eigenvalue weighted by molar-refractivity contribution is -0.120. The van der Waals surface area contributed by atoms with Crippen LogP contribution < -0.4 is 15.4 Å². The van der Waals surface area contributed by atoms with Crippen molar-refractivity contribution in [2.45, 2.75) is 37.8 Å². The monoisotopic (exact) mass is 554 g/mol. The Balaban J connectivity index is 1.61. The van der Waals surface area contributed by atoms with E-state index in [9.17, 15) is 18.0 Å². The first-order valence-electron chi connectivity index (χ1n) is 13.0. The Kier molecular flexibility index (Phi) is 9.63. The summed E-state index contributed by atoms with van der Waals surface area (Å²) < 4.78 is 38.3. The van der Waals surface area contributed by atoms with Crippen molar-refractivity contribution in [1.82, 2.24) is 15.0 Å². The number of carbonyl (C=O) groups is 2. The fourth-order valence-electron chi connectivity index (χ4n) is 4.60. The summed E-state index contributed by atoms with van der Waals surface area (Å²) in [5.41, 5.74) is 1.81. The number of aromatic nitrogens is 1. The maximum atomic E-state index is 13.4. The lowest BCUT2D eigenvalue weighted by atomic mass is 9.99. The molecule has 10 nitrogen and oxygen atoms in total. The molecule has 2 aromatic carbocycles. The van der Waals surface area contributed by atoms with Crippen LogP contribution in [0.3, 0.4) is 0 Å². The molecule has 1 aliphatic rings. The standard InChI is InChI=1S/C28H34N4O6S/c1-3-30-39(35,36)27-11-10-24(25(31-27)16-26(33)29-17-19-12-14-38-15-13-19)32-28(34)23-9-8-20(18-37-2)21-6-4-5-7-22(21)23/h4-11,19,30H,3,12-18H2,1-2H3,(H,29,33)(H,32,34). The summed E-state index contributed by atoms with van der Waals surface area (Å²) in [6.45, 7) is 4.10. The van der Waals surface area contributed by atoms with Crippen molar-refractivity contribution >= 4 is 38.3 Å². The molecule has 39 heavy (non-hydrogen) atoms. The van der Waals surface area contributed by atoms with Gasteiger partial charge in [0.25, 0.3) is 15.9 Å². The number of pyridine rings is 1. The molecule has 0 atom stereocenters. The molecule has 0 saturated carbocycles. The van der Waals surface area contributed by atoms with Gasteiger partial charge in [-0.05, 0) is 53.3 Å². The molecule has 3 N–H and O–H groups in total.